The fourth-order valence-electron chi connectivity index (χ4n) is 3.63. The van der Waals surface area contributed by atoms with Crippen LogP contribution in [0.1, 0.15) is 65.8 Å². The van der Waals surface area contributed by atoms with Crippen molar-refractivity contribution in [3.8, 4) is 0 Å². The van der Waals surface area contributed by atoms with Crippen LogP contribution in [0.25, 0.3) is 0 Å². The summed E-state index contributed by atoms with van der Waals surface area (Å²) in [6.45, 7) is 3.62. The Balaban J connectivity index is 1.95. The summed E-state index contributed by atoms with van der Waals surface area (Å²) in [5.74, 6) is -0.394. The van der Waals surface area contributed by atoms with Crippen molar-refractivity contribution >= 4 is 17.5 Å². The minimum absolute atomic E-state index is 0.210. The van der Waals surface area contributed by atoms with Crippen molar-refractivity contribution in [3.05, 3.63) is 67.8 Å². The second-order valence-corrected chi connectivity index (χ2v) is 7.57. The highest BCUT2D eigenvalue weighted by Crippen LogP contribution is 2.38. The van der Waals surface area contributed by atoms with Gasteiger partial charge in [-0.05, 0) is 49.8 Å². The molecule has 1 atom stereocenters. The van der Waals surface area contributed by atoms with E-state index in [1.165, 1.54) is 12.1 Å². The Labute approximate surface area is 163 Å². The standard InChI is InChI=1S/C21H24ClFN2O2/c1-3-6-16-18(22)17(12(2)24-20(16)26)21(27)25-19(13-7-4-8-13)14-9-5-10-15(23)11-14/h5,9-11,13,19H,3-4,6-8H2,1-2H3,(H,24,26)(H,25,27)/t19-/m0/s1. The van der Waals surface area contributed by atoms with E-state index in [9.17, 15) is 14.0 Å². The highest BCUT2D eigenvalue weighted by molar-refractivity contribution is 6.34. The zero-order valence-electron chi connectivity index (χ0n) is 15.6. The third-order valence-electron chi connectivity index (χ3n) is 5.28. The van der Waals surface area contributed by atoms with E-state index in [2.05, 4.69) is 10.3 Å². The molecule has 1 heterocycles. The Bertz CT molecular complexity index is 906. The summed E-state index contributed by atoms with van der Waals surface area (Å²) in [6.07, 6.45) is 4.33. The van der Waals surface area contributed by atoms with Gasteiger partial charge in [0.05, 0.1) is 16.6 Å². The van der Waals surface area contributed by atoms with Crippen LogP contribution in [0, 0.1) is 18.7 Å². The lowest BCUT2D eigenvalue weighted by atomic mass is 9.77. The number of hydrogen-bond donors (Lipinski definition) is 2. The molecule has 0 radical (unpaired) electrons. The molecule has 27 heavy (non-hydrogen) atoms. The number of pyridine rings is 1. The lowest BCUT2D eigenvalue weighted by molar-refractivity contribution is 0.0899. The second kappa shape index (κ2) is 8.26. The number of carbonyl (C=O) groups excluding carboxylic acids is 1. The monoisotopic (exact) mass is 390 g/mol. The summed E-state index contributed by atoms with van der Waals surface area (Å²) in [5.41, 5.74) is 1.66. The Morgan fingerprint density at radius 3 is 2.74 bits per heavy atom. The number of aryl methyl sites for hydroxylation is 1. The zero-order valence-corrected chi connectivity index (χ0v) is 16.3. The number of aromatic amines is 1. The van der Waals surface area contributed by atoms with Gasteiger partial charge in [0, 0.05) is 11.3 Å². The number of rotatable bonds is 6. The van der Waals surface area contributed by atoms with Gasteiger partial charge in [-0.1, -0.05) is 43.5 Å². The van der Waals surface area contributed by atoms with Crippen LogP contribution in [0.5, 0.6) is 0 Å². The van der Waals surface area contributed by atoms with Gasteiger partial charge in [-0.2, -0.15) is 0 Å². The molecule has 0 bridgehead atoms. The molecule has 1 amide bonds. The maximum atomic E-state index is 13.7. The van der Waals surface area contributed by atoms with Crippen LogP contribution in [-0.4, -0.2) is 10.9 Å². The number of amides is 1. The van der Waals surface area contributed by atoms with Crippen LogP contribution in [0.15, 0.2) is 29.1 Å². The van der Waals surface area contributed by atoms with Crippen molar-refractivity contribution in [1.82, 2.24) is 10.3 Å². The highest BCUT2D eigenvalue weighted by Gasteiger charge is 2.31. The Morgan fingerprint density at radius 1 is 1.41 bits per heavy atom. The maximum Gasteiger partial charge on any atom is 0.255 e. The minimum Gasteiger partial charge on any atom is -0.345 e. The van der Waals surface area contributed by atoms with E-state index in [0.717, 1.165) is 31.2 Å². The van der Waals surface area contributed by atoms with Gasteiger partial charge >= 0.3 is 0 Å². The third-order valence-corrected chi connectivity index (χ3v) is 5.69. The molecule has 4 nitrogen and oxygen atoms in total. The molecule has 1 aromatic carbocycles. The van der Waals surface area contributed by atoms with Crippen LogP contribution in [-0.2, 0) is 6.42 Å². The summed E-state index contributed by atoms with van der Waals surface area (Å²) in [7, 11) is 0. The lowest BCUT2D eigenvalue weighted by Crippen LogP contribution is -2.37. The second-order valence-electron chi connectivity index (χ2n) is 7.19. The predicted octanol–water partition coefficient (Wildman–Crippen LogP) is 4.70. The summed E-state index contributed by atoms with van der Waals surface area (Å²) >= 11 is 6.43. The number of benzene rings is 1. The van der Waals surface area contributed by atoms with Gasteiger partial charge < -0.3 is 10.3 Å². The van der Waals surface area contributed by atoms with Gasteiger partial charge in [0.15, 0.2) is 0 Å². The molecule has 2 N–H and O–H groups in total. The molecule has 1 aliphatic rings. The number of hydrogen-bond acceptors (Lipinski definition) is 2. The van der Waals surface area contributed by atoms with Gasteiger partial charge in [-0.3, -0.25) is 9.59 Å². The molecule has 0 aliphatic heterocycles. The van der Waals surface area contributed by atoms with Crippen LogP contribution in [0.4, 0.5) is 4.39 Å². The molecule has 1 fully saturated rings. The first-order valence-corrected chi connectivity index (χ1v) is 9.77. The molecule has 1 aliphatic carbocycles. The number of aromatic nitrogens is 1. The first-order valence-electron chi connectivity index (χ1n) is 9.40. The average molecular weight is 391 g/mol. The Kier molecular flexibility index (Phi) is 6.00. The van der Waals surface area contributed by atoms with E-state index in [0.29, 0.717) is 23.2 Å². The first kappa shape index (κ1) is 19.6. The molecule has 3 rings (SSSR count). The van der Waals surface area contributed by atoms with E-state index < -0.39 is 0 Å². The number of carbonyl (C=O) groups is 1. The van der Waals surface area contributed by atoms with E-state index in [-0.39, 0.29) is 34.3 Å². The van der Waals surface area contributed by atoms with E-state index in [1.807, 2.05) is 13.0 Å². The predicted molar refractivity (Wildman–Crippen MR) is 105 cm³/mol. The van der Waals surface area contributed by atoms with Crippen LogP contribution < -0.4 is 10.9 Å². The average Bonchev–Trinajstić information content (AvgIpc) is 2.56. The molecule has 2 aromatic rings. The topological polar surface area (TPSA) is 62.0 Å². The zero-order chi connectivity index (χ0) is 19.6. The largest absolute Gasteiger partial charge is 0.345 e. The van der Waals surface area contributed by atoms with Gasteiger partial charge in [0.25, 0.3) is 11.5 Å². The van der Waals surface area contributed by atoms with Gasteiger partial charge in [-0.15, -0.1) is 0 Å². The lowest BCUT2D eigenvalue weighted by Gasteiger charge is -2.35. The molecule has 1 aromatic heterocycles. The van der Waals surface area contributed by atoms with E-state index in [4.69, 9.17) is 11.6 Å². The first-order chi connectivity index (χ1) is 12.9. The molecule has 0 spiro atoms. The summed E-state index contributed by atoms with van der Waals surface area (Å²) < 4.78 is 13.7. The van der Waals surface area contributed by atoms with Crippen LogP contribution in [0.2, 0.25) is 5.02 Å². The van der Waals surface area contributed by atoms with E-state index >= 15 is 0 Å². The molecule has 0 unspecified atom stereocenters. The Morgan fingerprint density at radius 2 is 2.15 bits per heavy atom. The van der Waals surface area contributed by atoms with Crippen LogP contribution in [0.3, 0.4) is 0 Å². The fraction of sp³-hybridized carbons (Fsp3) is 0.429. The normalized spacial score (nSPS) is 15.3. The van der Waals surface area contributed by atoms with Gasteiger partial charge in [-0.25, -0.2) is 4.39 Å². The maximum absolute atomic E-state index is 13.7. The molecular formula is C21H24ClFN2O2. The molecule has 1 saturated carbocycles. The fourth-order valence-corrected chi connectivity index (χ4v) is 4.03. The Hall–Kier alpha value is -2.14. The van der Waals surface area contributed by atoms with Crippen molar-refractivity contribution in [3.63, 3.8) is 0 Å². The molecular weight excluding hydrogens is 367 g/mol. The van der Waals surface area contributed by atoms with Gasteiger partial charge in [0.2, 0.25) is 0 Å². The summed E-state index contributed by atoms with van der Waals surface area (Å²) in [4.78, 5) is 27.9. The molecule has 144 valence electrons. The minimum atomic E-state index is -0.340. The van der Waals surface area contributed by atoms with Crippen molar-refractivity contribution in [2.45, 2.75) is 52.0 Å². The van der Waals surface area contributed by atoms with Gasteiger partial charge in [0.1, 0.15) is 5.82 Å². The highest BCUT2D eigenvalue weighted by atomic mass is 35.5. The SMILES string of the molecule is CCCc1c(Cl)c(C(=O)N[C@H](c2cccc(F)c2)C2CCC2)c(C)[nH]c1=O. The summed E-state index contributed by atoms with van der Waals surface area (Å²) in [5, 5.41) is 3.25. The smallest absolute Gasteiger partial charge is 0.255 e. The van der Waals surface area contributed by atoms with Crippen LogP contribution >= 0.6 is 11.6 Å². The number of nitrogens with one attached hydrogen (secondary N) is 2. The quantitative estimate of drug-likeness (QED) is 0.751. The molecule has 6 heteroatoms. The van der Waals surface area contributed by atoms with Crippen molar-refractivity contribution in [1.29, 1.82) is 0 Å². The summed E-state index contributed by atoms with van der Waals surface area (Å²) in [6, 6.07) is 6.06. The van der Waals surface area contributed by atoms with E-state index in [1.54, 1.807) is 13.0 Å². The number of halogens is 2. The third kappa shape index (κ3) is 4.08. The van der Waals surface area contributed by atoms with Crippen molar-refractivity contribution < 1.29 is 9.18 Å². The van der Waals surface area contributed by atoms with Crippen molar-refractivity contribution in [2.24, 2.45) is 5.92 Å². The number of H-pyrrole nitrogens is 1. The van der Waals surface area contributed by atoms with Crippen molar-refractivity contribution in [2.75, 3.05) is 0 Å². The molecule has 0 saturated heterocycles.